The predicted octanol–water partition coefficient (Wildman–Crippen LogP) is 6.42. The SMILES string of the molecule is CC(=O)O[C@@H]1CC[C@@]2(C)[C@@H](CC(=O)[C@@H]3[C@H]4CC[C@@H]([C@H](C)/C=C/[C@H](C)C(C)C)[C@@]4(C)CC(=O)[C@H]32)C1. The molecule has 0 aromatic heterocycles. The van der Waals surface area contributed by atoms with Gasteiger partial charge in [0.25, 0.3) is 0 Å². The number of carbonyl (C=O) groups is 3. The van der Waals surface area contributed by atoms with Crippen LogP contribution in [0.15, 0.2) is 12.2 Å². The molecule has 0 aromatic carbocycles. The lowest BCUT2D eigenvalue weighted by molar-refractivity contribution is -0.175. The summed E-state index contributed by atoms with van der Waals surface area (Å²) in [6.45, 7) is 15.1. The number of allylic oxidation sites excluding steroid dienone is 2. The molecular formula is C30H46O4. The normalized spacial score (nSPS) is 43.9. The Morgan fingerprint density at radius 1 is 1.00 bits per heavy atom. The van der Waals surface area contributed by atoms with Gasteiger partial charge in [-0.15, -0.1) is 0 Å². The smallest absolute Gasteiger partial charge is 0.302 e. The number of esters is 1. The Kier molecular flexibility index (Phi) is 6.94. The summed E-state index contributed by atoms with van der Waals surface area (Å²) in [7, 11) is 0. The summed E-state index contributed by atoms with van der Waals surface area (Å²) in [5.74, 6) is 2.61. The number of Topliss-reactive ketones (excluding diaryl/α,β-unsaturated/α-hetero) is 2. The lowest BCUT2D eigenvalue weighted by Crippen LogP contribution is -2.61. The van der Waals surface area contributed by atoms with Gasteiger partial charge < -0.3 is 4.74 Å². The molecule has 0 aliphatic heterocycles. The zero-order chi connectivity index (χ0) is 25.0. The topological polar surface area (TPSA) is 60.4 Å². The van der Waals surface area contributed by atoms with Crippen molar-refractivity contribution >= 4 is 17.5 Å². The fourth-order valence-electron chi connectivity index (χ4n) is 8.65. The van der Waals surface area contributed by atoms with Crippen molar-refractivity contribution in [2.75, 3.05) is 0 Å². The highest BCUT2D eigenvalue weighted by atomic mass is 16.5. The van der Waals surface area contributed by atoms with Gasteiger partial charge in [-0.3, -0.25) is 14.4 Å². The molecule has 4 rings (SSSR count). The Labute approximate surface area is 206 Å². The van der Waals surface area contributed by atoms with E-state index in [9.17, 15) is 14.4 Å². The summed E-state index contributed by atoms with van der Waals surface area (Å²) >= 11 is 0. The molecule has 0 unspecified atom stereocenters. The van der Waals surface area contributed by atoms with E-state index >= 15 is 0 Å². The van der Waals surface area contributed by atoms with E-state index in [0.717, 1.165) is 32.1 Å². The number of rotatable bonds is 5. The maximum absolute atomic E-state index is 13.9. The van der Waals surface area contributed by atoms with Crippen LogP contribution in [-0.4, -0.2) is 23.6 Å². The summed E-state index contributed by atoms with van der Waals surface area (Å²) in [5.41, 5.74) is -0.235. The molecule has 0 bridgehead atoms. The van der Waals surface area contributed by atoms with Crippen molar-refractivity contribution in [1.82, 2.24) is 0 Å². The van der Waals surface area contributed by atoms with Crippen LogP contribution in [0.25, 0.3) is 0 Å². The van der Waals surface area contributed by atoms with Gasteiger partial charge >= 0.3 is 5.97 Å². The Hall–Kier alpha value is -1.45. The Morgan fingerprint density at radius 2 is 1.71 bits per heavy atom. The van der Waals surface area contributed by atoms with Crippen LogP contribution in [0.2, 0.25) is 0 Å². The van der Waals surface area contributed by atoms with Gasteiger partial charge in [-0.05, 0) is 78.4 Å². The first kappa shape index (κ1) is 25.6. The fraction of sp³-hybridized carbons (Fsp3) is 0.833. The standard InChI is InChI=1S/C30H46O4/c1-17(2)18(3)8-9-19(4)23-10-11-24-27-25(32)15-21-14-22(34-20(5)31)12-13-29(21,6)28(27)26(33)16-30(23,24)7/h8-9,17-19,21-24,27-28H,10-16H2,1-7H3/b9-8+/t18-,19+,21+,22+,23-,24+,27-,28+,29-,30+/m0/s1. The van der Waals surface area contributed by atoms with E-state index < -0.39 is 0 Å². The molecule has 0 radical (unpaired) electrons. The van der Waals surface area contributed by atoms with Crippen LogP contribution in [-0.2, 0) is 19.1 Å². The van der Waals surface area contributed by atoms with Crippen LogP contribution >= 0.6 is 0 Å². The second-order valence-electron chi connectivity index (χ2n) is 13.2. The zero-order valence-corrected chi connectivity index (χ0v) is 22.4. The van der Waals surface area contributed by atoms with Crippen molar-refractivity contribution in [3.63, 3.8) is 0 Å². The summed E-state index contributed by atoms with van der Waals surface area (Å²) in [6.07, 6.45) is 10.4. The van der Waals surface area contributed by atoms with E-state index in [-0.39, 0.29) is 40.7 Å². The fourth-order valence-corrected chi connectivity index (χ4v) is 8.65. The molecule has 0 saturated heterocycles. The van der Waals surface area contributed by atoms with Gasteiger partial charge in [0.2, 0.25) is 0 Å². The van der Waals surface area contributed by atoms with Crippen LogP contribution in [0.1, 0.15) is 93.4 Å². The van der Waals surface area contributed by atoms with Gasteiger partial charge in [-0.1, -0.05) is 53.7 Å². The van der Waals surface area contributed by atoms with Crippen LogP contribution in [0.5, 0.6) is 0 Å². The quantitative estimate of drug-likeness (QED) is 0.344. The maximum atomic E-state index is 13.9. The van der Waals surface area contributed by atoms with Gasteiger partial charge in [-0.2, -0.15) is 0 Å². The summed E-state index contributed by atoms with van der Waals surface area (Å²) < 4.78 is 5.52. The molecule has 0 N–H and O–H groups in total. The van der Waals surface area contributed by atoms with Crippen molar-refractivity contribution in [1.29, 1.82) is 0 Å². The average molecular weight is 471 g/mol. The third kappa shape index (κ3) is 4.22. The minimum absolute atomic E-state index is 0.0864. The Bertz CT molecular complexity index is 858. The van der Waals surface area contributed by atoms with E-state index in [1.807, 2.05) is 0 Å². The minimum Gasteiger partial charge on any atom is -0.463 e. The van der Waals surface area contributed by atoms with Crippen LogP contribution in [0, 0.1) is 58.2 Å². The van der Waals surface area contributed by atoms with Gasteiger partial charge in [0, 0.05) is 31.6 Å². The van der Waals surface area contributed by atoms with Gasteiger partial charge in [0.15, 0.2) is 0 Å². The molecule has 0 spiro atoms. The molecule has 0 heterocycles. The highest BCUT2D eigenvalue weighted by Crippen LogP contribution is 2.66. The lowest BCUT2D eigenvalue weighted by Gasteiger charge is -2.59. The summed E-state index contributed by atoms with van der Waals surface area (Å²) in [4.78, 5) is 39.1. The Morgan fingerprint density at radius 3 is 2.35 bits per heavy atom. The van der Waals surface area contributed by atoms with E-state index in [1.165, 1.54) is 6.92 Å². The molecule has 0 aromatic rings. The van der Waals surface area contributed by atoms with E-state index in [1.54, 1.807) is 0 Å². The van der Waals surface area contributed by atoms with E-state index in [4.69, 9.17) is 4.74 Å². The number of carbonyl (C=O) groups excluding carboxylic acids is 3. The van der Waals surface area contributed by atoms with Gasteiger partial charge in [0.05, 0.1) is 0 Å². The molecule has 34 heavy (non-hydrogen) atoms. The molecule has 190 valence electrons. The molecule has 4 aliphatic rings. The number of fused-ring (bicyclic) bond motifs is 5. The van der Waals surface area contributed by atoms with Crippen molar-refractivity contribution < 1.29 is 19.1 Å². The van der Waals surface area contributed by atoms with Crippen LogP contribution in [0.3, 0.4) is 0 Å². The highest BCUT2D eigenvalue weighted by molar-refractivity contribution is 5.94. The second kappa shape index (κ2) is 9.21. The van der Waals surface area contributed by atoms with Crippen LogP contribution in [0.4, 0.5) is 0 Å². The third-order valence-electron chi connectivity index (χ3n) is 10.9. The average Bonchev–Trinajstić information content (AvgIpc) is 3.08. The predicted molar refractivity (Wildman–Crippen MR) is 134 cm³/mol. The molecule has 4 fully saturated rings. The lowest BCUT2D eigenvalue weighted by atomic mass is 9.43. The molecular weight excluding hydrogens is 424 g/mol. The largest absolute Gasteiger partial charge is 0.463 e. The molecule has 4 heteroatoms. The first-order valence-corrected chi connectivity index (χ1v) is 13.8. The van der Waals surface area contributed by atoms with Crippen molar-refractivity contribution in [2.45, 2.75) is 99.5 Å². The molecule has 4 nitrogen and oxygen atoms in total. The third-order valence-corrected chi connectivity index (χ3v) is 10.9. The van der Waals surface area contributed by atoms with Crippen molar-refractivity contribution in [3.8, 4) is 0 Å². The first-order chi connectivity index (χ1) is 15.9. The number of ether oxygens (including phenoxy) is 1. The van der Waals surface area contributed by atoms with Gasteiger partial charge in [-0.25, -0.2) is 0 Å². The number of ketones is 2. The zero-order valence-electron chi connectivity index (χ0n) is 22.4. The monoisotopic (exact) mass is 470 g/mol. The van der Waals surface area contributed by atoms with E-state index in [0.29, 0.717) is 54.0 Å². The molecule has 0 amide bonds. The maximum Gasteiger partial charge on any atom is 0.302 e. The number of hydrogen-bond acceptors (Lipinski definition) is 4. The summed E-state index contributed by atoms with van der Waals surface area (Å²) in [5, 5.41) is 0. The van der Waals surface area contributed by atoms with Crippen molar-refractivity contribution in [2.24, 2.45) is 58.2 Å². The highest BCUT2D eigenvalue weighted by Gasteiger charge is 2.66. The summed E-state index contributed by atoms with van der Waals surface area (Å²) in [6, 6.07) is 0. The van der Waals surface area contributed by atoms with Gasteiger partial charge in [0.1, 0.15) is 17.7 Å². The van der Waals surface area contributed by atoms with E-state index in [2.05, 4.69) is 53.7 Å². The molecule has 4 saturated carbocycles. The van der Waals surface area contributed by atoms with Crippen LogP contribution < -0.4 is 0 Å². The minimum atomic E-state index is -0.249. The second-order valence-corrected chi connectivity index (χ2v) is 13.2. The first-order valence-electron chi connectivity index (χ1n) is 13.8. The Balaban J connectivity index is 1.57. The molecule has 10 atom stereocenters. The molecule has 4 aliphatic carbocycles. The number of hydrogen-bond donors (Lipinski definition) is 0. The van der Waals surface area contributed by atoms with Crippen molar-refractivity contribution in [3.05, 3.63) is 12.2 Å².